The lowest BCUT2D eigenvalue weighted by Gasteiger charge is -2.33. The fraction of sp³-hybridized carbons (Fsp3) is 0.294. The molecule has 1 aliphatic heterocycles. The van der Waals surface area contributed by atoms with Crippen LogP contribution in [0.5, 0.6) is 11.5 Å². The average molecular weight is 395 g/mol. The van der Waals surface area contributed by atoms with Crippen molar-refractivity contribution in [2.24, 2.45) is 0 Å². The van der Waals surface area contributed by atoms with E-state index in [0.717, 1.165) is 25.1 Å². The molecule has 1 aliphatic rings. The second kappa shape index (κ2) is 6.23. The van der Waals surface area contributed by atoms with Gasteiger partial charge in [-0.3, -0.25) is 4.90 Å². The van der Waals surface area contributed by atoms with Gasteiger partial charge in [-0.25, -0.2) is 0 Å². The Labute approximate surface area is 138 Å². The monoisotopic (exact) mass is 395 g/mol. The molecule has 0 amide bonds. The lowest BCUT2D eigenvalue weighted by molar-refractivity contribution is 0.0225. The molecule has 0 bridgehead atoms. The molecule has 0 saturated carbocycles. The molecule has 21 heavy (non-hydrogen) atoms. The topological polar surface area (TPSA) is 32.7 Å². The zero-order valence-corrected chi connectivity index (χ0v) is 14.1. The lowest BCUT2D eigenvalue weighted by atomic mass is 10.0. The molecule has 3 nitrogen and oxygen atoms in total. The standard InChI is InChI=1S/C17H18INO2/c1-19(11-12-2-6-14(18)7-3-12)17-9-5-13-4-8-15(20)10-16(13)21-17/h2-4,6-8,10,17,20H,5,9,11H2,1H3. The van der Waals surface area contributed by atoms with E-state index < -0.39 is 0 Å². The number of rotatable bonds is 3. The lowest BCUT2D eigenvalue weighted by Crippen LogP contribution is -2.38. The molecular weight excluding hydrogens is 377 g/mol. The van der Waals surface area contributed by atoms with Crippen molar-refractivity contribution < 1.29 is 9.84 Å². The molecule has 2 aromatic rings. The van der Waals surface area contributed by atoms with Gasteiger partial charge in [0.05, 0.1) is 0 Å². The van der Waals surface area contributed by atoms with Crippen molar-refractivity contribution in [3.8, 4) is 11.5 Å². The number of hydrogen-bond acceptors (Lipinski definition) is 3. The first-order chi connectivity index (χ1) is 10.1. The number of nitrogens with zero attached hydrogens (tertiary/aromatic N) is 1. The number of fused-ring (bicyclic) bond motifs is 1. The number of aromatic hydroxyl groups is 1. The van der Waals surface area contributed by atoms with Crippen LogP contribution in [-0.4, -0.2) is 23.3 Å². The Bertz CT molecular complexity index is 627. The van der Waals surface area contributed by atoms with Crippen molar-refractivity contribution in [2.75, 3.05) is 7.05 Å². The van der Waals surface area contributed by atoms with E-state index in [1.165, 1.54) is 14.7 Å². The number of halogens is 1. The van der Waals surface area contributed by atoms with E-state index in [0.29, 0.717) is 0 Å². The molecule has 0 radical (unpaired) electrons. The first-order valence-electron chi connectivity index (χ1n) is 7.05. The number of hydrogen-bond donors (Lipinski definition) is 1. The molecule has 2 aromatic carbocycles. The second-order valence-corrected chi connectivity index (χ2v) is 6.69. The van der Waals surface area contributed by atoms with Crippen molar-refractivity contribution in [1.82, 2.24) is 4.90 Å². The molecule has 1 atom stereocenters. The van der Waals surface area contributed by atoms with Gasteiger partial charge in [0.25, 0.3) is 0 Å². The van der Waals surface area contributed by atoms with Crippen molar-refractivity contribution in [2.45, 2.75) is 25.6 Å². The van der Waals surface area contributed by atoms with Gasteiger partial charge in [0, 0.05) is 22.6 Å². The van der Waals surface area contributed by atoms with E-state index in [1.807, 2.05) is 6.07 Å². The fourth-order valence-electron chi connectivity index (χ4n) is 2.63. The van der Waals surface area contributed by atoms with Gasteiger partial charge in [-0.15, -0.1) is 0 Å². The second-order valence-electron chi connectivity index (χ2n) is 5.44. The van der Waals surface area contributed by atoms with Crippen LogP contribution in [0.2, 0.25) is 0 Å². The van der Waals surface area contributed by atoms with Crippen molar-refractivity contribution in [3.63, 3.8) is 0 Å². The number of phenols is 1. The molecule has 0 aromatic heterocycles. The van der Waals surface area contributed by atoms with Gasteiger partial charge in [-0.1, -0.05) is 18.2 Å². The van der Waals surface area contributed by atoms with E-state index in [4.69, 9.17) is 4.74 Å². The summed E-state index contributed by atoms with van der Waals surface area (Å²) >= 11 is 2.31. The minimum atomic E-state index is 0.0542. The van der Waals surface area contributed by atoms with E-state index in [2.05, 4.69) is 58.8 Å². The third-order valence-corrected chi connectivity index (χ3v) is 4.53. The summed E-state index contributed by atoms with van der Waals surface area (Å²) in [4.78, 5) is 2.22. The van der Waals surface area contributed by atoms with Crippen molar-refractivity contribution in [1.29, 1.82) is 0 Å². The molecule has 0 saturated heterocycles. The average Bonchev–Trinajstić information content (AvgIpc) is 2.48. The Morgan fingerprint density at radius 2 is 2.00 bits per heavy atom. The van der Waals surface area contributed by atoms with Crippen LogP contribution in [0.3, 0.4) is 0 Å². The molecule has 0 aliphatic carbocycles. The first-order valence-corrected chi connectivity index (χ1v) is 8.13. The van der Waals surface area contributed by atoms with Crippen LogP contribution in [-0.2, 0) is 13.0 Å². The van der Waals surface area contributed by atoms with Gasteiger partial charge in [0.15, 0.2) is 6.23 Å². The molecule has 1 heterocycles. The Morgan fingerprint density at radius 3 is 2.76 bits per heavy atom. The van der Waals surface area contributed by atoms with Crippen LogP contribution in [0, 0.1) is 3.57 Å². The fourth-order valence-corrected chi connectivity index (χ4v) is 2.99. The van der Waals surface area contributed by atoms with E-state index in [9.17, 15) is 5.11 Å². The Hall–Kier alpha value is -1.27. The summed E-state index contributed by atoms with van der Waals surface area (Å²) in [5.41, 5.74) is 2.45. The predicted octanol–water partition coefficient (Wildman–Crippen LogP) is 3.78. The number of aryl methyl sites for hydroxylation is 1. The van der Waals surface area contributed by atoms with Crippen molar-refractivity contribution in [3.05, 3.63) is 57.2 Å². The molecular formula is C17H18INO2. The summed E-state index contributed by atoms with van der Waals surface area (Å²) in [6.45, 7) is 0.857. The van der Waals surface area contributed by atoms with Crippen LogP contribution in [0.15, 0.2) is 42.5 Å². The Kier molecular flexibility index (Phi) is 4.35. The van der Waals surface area contributed by atoms with Crippen LogP contribution >= 0.6 is 22.6 Å². The Morgan fingerprint density at radius 1 is 1.24 bits per heavy atom. The molecule has 1 N–H and O–H groups in total. The maximum atomic E-state index is 9.58. The van der Waals surface area contributed by atoms with Gasteiger partial charge >= 0.3 is 0 Å². The molecule has 3 rings (SSSR count). The highest BCUT2D eigenvalue weighted by atomic mass is 127. The minimum Gasteiger partial charge on any atom is -0.508 e. The summed E-state index contributed by atoms with van der Waals surface area (Å²) in [5, 5.41) is 9.58. The smallest absolute Gasteiger partial charge is 0.153 e. The predicted molar refractivity (Wildman–Crippen MR) is 91.5 cm³/mol. The maximum Gasteiger partial charge on any atom is 0.153 e. The highest BCUT2D eigenvalue weighted by molar-refractivity contribution is 14.1. The van der Waals surface area contributed by atoms with Gasteiger partial charge in [0.2, 0.25) is 0 Å². The summed E-state index contributed by atoms with van der Waals surface area (Å²) in [6.07, 6.45) is 2.01. The minimum absolute atomic E-state index is 0.0542. The summed E-state index contributed by atoms with van der Waals surface area (Å²) in [7, 11) is 2.08. The highest BCUT2D eigenvalue weighted by Crippen LogP contribution is 2.31. The number of ether oxygens (including phenoxy) is 1. The third kappa shape index (κ3) is 3.49. The van der Waals surface area contributed by atoms with Crippen LogP contribution in [0.1, 0.15) is 17.5 Å². The molecule has 0 fully saturated rings. The van der Waals surface area contributed by atoms with Gasteiger partial charge in [0.1, 0.15) is 11.5 Å². The summed E-state index contributed by atoms with van der Waals surface area (Å²) < 4.78 is 7.28. The van der Waals surface area contributed by atoms with Gasteiger partial charge < -0.3 is 9.84 Å². The summed E-state index contributed by atoms with van der Waals surface area (Å²) in [6, 6.07) is 13.9. The number of benzene rings is 2. The molecule has 4 heteroatoms. The zero-order chi connectivity index (χ0) is 14.8. The maximum absolute atomic E-state index is 9.58. The summed E-state index contributed by atoms with van der Waals surface area (Å²) in [5.74, 6) is 1.07. The Balaban J connectivity index is 1.69. The van der Waals surface area contributed by atoms with Crippen LogP contribution in [0.25, 0.3) is 0 Å². The first kappa shape index (κ1) is 14.7. The zero-order valence-electron chi connectivity index (χ0n) is 11.9. The van der Waals surface area contributed by atoms with Crippen molar-refractivity contribution >= 4 is 22.6 Å². The SMILES string of the molecule is CN(Cc1ccc(I)cc1)C1CCc2ccc(O)cc2O1. The van der Waals surface area contributed by atoms with E-state index in [1.54, 1.807) is 12.1 Å². The largest absolute Gasteiger partial charge is 0.508 e. The molecule has 110 valence electrons. The quantitative estimate of drug-likeness (QED) is 0.804. The number of phenolic OH excluding ortho intramolecular Hbond substituents is 1. The highest BCUT2D eigenvalue weighted by Gasteiger charge is 2.23. The van der Waals surface area contributed by atoms with Crippen LogP contribution in [0.4, 0.5) is 0 Å². The van der Waals surface area contributed by atoms with Gasteiger partial charge in [-0.05, 0) is 65.4 Å². The van der Waals surface area contributed by atoms with Gasteiger partial charge in [-0.2, -0.15) is 0 Å². The van der Waals surface area contributed by atoms with E-state index in [-0.39, 0.29) is 12.0 Å². The molecule has 1 unspecified atom stereocenters. The van der Waals surface area contributed by atoms with Crippen LogP contribution < -0.4 is 4.74 Å². The third-order valence-electron chi connectivity index (χ3n) is 3.81. The van der Waals surface area contributed by atoms with E-state index >= 15 is 0 Å². The normalized spacial score (nSPS) is 17.4. The molecule has 0 spiro atoms.